The number of para-hydroxylation sites is 1. The minimum absolute atomic E-state index is 0.188. The molecule has 0 radical (unpaired) electrons. The predicted molar refractivity (Wildman–Crippen MR) is 141 cm³/mol. The van der Waals surface area contributed by atoms with Gasteiger partial charge < -0.3 is 10.1 Å². The van der Waals surface area contributed by atoms with E-state index in [-0.39, 0.29) is 12.5 Å². The summed E-state index contributed by atoms with van der Waals surface area (Å²) in [6, 6.07) is 20.8. The molecule has 3 aromatic rings. The van der Waals surface area contributed by atoms with Crippen LogP contribution in [0.1, 0.15) is 12.5 Å². The molecule has 0 aromatic heterocycles. The Hall–Kier alpha value is -3.89. The molecule has 0 heterocycles. The number of sulfonamides is 1. The van der Waals surface area contributed by atoms with E-state index in [1.54, 1.807) is 78.9 Å². The fourth-order valence-electron chi connectivity index (χ4n) is 3.21. The van der Waals surface area contributed by atoms with Gasteiger partial charge in [-0.2, -0.15) is 5.10 Å². The average Bonchev–Trinajstić information content (AvgIpc) is 2.83. The molecule has 11 heteroatoms. The SMILES string of the molecule is C[C@H](C(=O)N/N=C\c1ccc(OCC(=O)Nc2cccc(Cl)c2)cc1)N(c1ccccc1)S(C)(=O)=O. The van der Waals surface area contributed by atoms with E-state index in [0.29, 0.717) is 27.7 Å². The molecule has 0 spiro atoms. The summed E-state index contributed by atoms with van der Waals surface area (Å²) in [6.45, 7) is 1.29. The van der Waals surface area contributed by atoms with Gasteiger partial charge in [-0.15, -0.1) is 0 Å². The fourth-order valence-corrected chi connectivity index (χ4v) is 4.57. The Bertz CT molecular complexity index is 1330. The van der Waals surface area contributed by atoms with Crippen molar-refractivity contribution in [2.75, 3.05) is 22.5 Å². The lowest BCUT2D eigenvalue weighted by Gasteiger charge is -2.27. The molecule has 36 heavy (non-hydrogen) atoms. The zero-order valence-electron chi connectivity index (χ0n) is 19.6. The van der Waals surface area contributed by atoms with Crippen LogP contribution >= 0.6 is 11.6 Å². The van der Waals surface area contributed by atoms with Gasteiger partial charge in [0.05, 0.1) is 18.2 Å². The summed E-state index contributed by atoms with van der Waals surface area (Å²) >= 11 is 5.90. The lowest BCUT2D eigenvalue weighted by Crippen LogP contribution is -2.46. The number of hydrogen-bond acceptors (Lipinski definition) is 6. The molecule has 188 valence electrons. The van der Waals surface area contributed by atoms with Crippen LogP contribution in [-0.2, 0) is 19.6 Å². The van der Waals surface area contributed by atoms with Crippen molar-refractivity contribution >= 4 is 51.0 Å². The molecule has 3 aromatic carbocycles. The minimum atomic E-state index is -3.70. The zero-order chi connectivity index (χ0) is 26.1. The second-order valence-corrected chi connectivity index (χ2v) is 10.0. The molecule has 0 bridgehead atoms. The highest BCUT2D eigenvalue weighted by molar-refractivity contribution is 7.92. The number of halogens is 1. The molecule has 0 aliphatic rings. The maximum absolute atomic E-state index is 12.6. The molecular formula is C25H25ClN4O5S. The van der Waals surface area contributed by atoms with Crippen molar-refractivity contribution in [3.05, 3.63) is 89.4 Å². The normalized spacial score (nSPS) is 12.1. The van der Waals surface area contributed by atoms with Gasteiger partial charge in [0.25, 0.3) is 11.8 Å². The number of hydrogen-bond donors (Lipinski definition) is 2. The van der Waals surface area contributed by atoms with E-state index < -0.39 is 22.0 Å². The fraction of sp³-hybridized carbons (Fsp3) is 0.160. The largest absolute Gasteiger partial charge is 0.484 e. The maximum Gasteiger partial charge on any atom is 0.263 e. The van der Waals surface area contributed by atoms with Crippen molar-refractivity contribution in [3.63, 3.8) is 0 Å². The third kappa shape index (κ3) is 7.82. The highest BCUT2D eigenvalue weighted by Gasteiger charge is 2.28. The van der Waals surface area contributed by atoms with E-state index in [1.807, 2.05) is 0 Å². The quantitative estimate of drug-likeness (QED) is 0.307. The minimum Gasteiger partial charge on any atom is -0.484 e. The van der Waals surface area contributed by atoms with E-state index in [9.17, 15) is 18.0 Å². The molecule has 0 saturated carbocycles. The average molecular weight is 529 g/mol. The Kier molecular flexibility index (Phi) is 9.04. The molecule has 2 N–H and O–H groups in total. The van der Waals surface area contributed by atoms with Gasteiger partial charge in [-0.25, -0.2) is 13.8 Å². The molecule has 0 aliphatic carbocycles. The molecule has 0 aliphatic heterocycles. The van der Waals surface area contributed by atoms with Crippen LogP contribution in [0.3, 0.4) is 0 Å². The number of carbonyl (C=O) groups is 2. The summed E-state index contributed by atoms with van der Waals surface area (Å²) in [5.41, 5.74) is 3.97. The molecule has 2 amide bonds. The van der Waals surface area contributed by atoms with E-state index in [1.165, 1.54) is 13.1 Å². The highest BCUT2D eigenvalue weighted by Crippen LogP contribution is 2.20. The number of rotatable bonds is 10. The monoisotopic (exact) mass is 528 g/mol. The van der Waals surface area contributed by atoms with Crippen molar-refractivity contribution in [1.82, 2.24) is 5.43 Å². The molecule has 3 rings (SSSR count). The number of nitrogens with zero attached hydrogens (tertiary/aromatic N) is 2. The molecule has 0 saturated heterocycles. The van der Waals surface area contributed by atoms with Crippen LogP contribution in [0.15, 0.2) is 84.0 Å². The second kappa shape index (κ2) is 12.2. The summed E-state index contributed by atoms with van der Waals surface area (Å²) in [5.74, 6) is -0.456. The van der Waals surface area contributed by atoms with Crippen molar-refractivity contribution in [2.45, 2.75) is 13.0 Å². The van der Waals surface area contributed by atoms with Crippen LogP contribution in [-0.4, -0.2) is 45.4 Å². The molecule has 0 unspecified atom stereocenters. The van der Waals surface area contributed by atoms with Gasteiger partial charge in [-0.05, 0) is 67.1 Å². The Morgan fingerprint density at radius 1 is 1.06 bits per heavy atom. The summed E-state index contributed by atoms with van der Waals surface area (Å²) in [4.78, 5) is 24.6. The zero-order valence-corrected chi connectivity index (χ0v) is 21.2. The van der Waals surface area contributed by atoms with E-state index >= 15 is 0 Å². The van der Waals surface area contributed by atoms with E-state index in [2.05, 4.69) is 15.8 Å². The molecular weight excluding hydrogens is 504 g/mol. The standard InChI is InChI=1S/C25H25ClN4O5S/c1-18(30(36(2,33)34)22-9-4-3-5-10-22)25(32)29-27-16-19-11-13-23(14-12-19)35-17-24(31)28-21-8-6-7-20(26)15-21/h3-16,18H,17H2,1-2H3,(H,28,31)(H,29,32)/b27-16-/t18-/m1/s1. The Labute approximate surface area is 214 Å². The van der Waals surface area contributed by atoms with Crippen LogP contribution < -0.4 is 19.8 Å². The van der Waals surface area contributed by atoms with Gasteiger partial charge in [-0.3, -0.25) is 13.9 Å². The third-order valence-electron chi connectivity index (χ3n) is 4.85. The highest BCUT2D eigenvalue weighted by atomic mass is 35.5. The number of anilines is 2. The van der Waals surface area contributed by atoms with Crippen LogP contribution in [0.2, 0.25) is 5.02 Å². The first-order chi connectivity index (χ1) is 17.1. The van der Waals surface area contributed by atoms with Gasteiger partial charge >= 0.3 is 0 Å². The van der Waals surface area contributed by atoms with E-state index in [4.69, 9.17) is 16.3 Å². The first-order valence-electron chi connectivity index (χ1n) is 10.8. The van der Waals surface area contributed by atoms with Gasteiger partial charge in [0, 0.05) is 10.7 Å². The molecule has 0 fully saturated rings. The van der Waals surface area contributed by atoms with Crippen molar-refractivity contribution < 1.29 is 22.7 Å². The Morgan fingerprint density at radius 2 is 1.75 bits per heavy atom. The first kappa shape index (κ1) is 26.7. The first-order valence-corrected chi connectivity index (χ1v) is 13.0. The number of amides is 2. The summed E-state index contributed by atoms with van der Waals surface area (Å²) in [6.07, 6.45) is 2.45. The number of carbonyl (C=O) groups excluding carboxylic acids is 2. The van der Waals surface area contributed by atoms with Gasteiger partial charge in [0.15, 0.2) is 6.61 Å². The Balaban J connectivity index is 1.52. The third-order valence-corrected chi connectivity index (χ3v) is 6.32. The maximum atomic E-state index is 12.6. The predicted octanol–water partition coefficient (Wildman–Crippen LogP) is 3.66. The van der Waals surface area contributed by atoms with Gasteiger partial charge in [-0.1, -0.05) is 35.9 Å². The van der Waals surface area contributed by atoms with Crippen molar-refractivity contribution in [3.8, 4) is 5.75 Å². The number of ether oxygens (including phenoxy) is 1. The lowest BCUT2D eigenvalue weighted by atomic mass is 10.2. The topological polar surface area (TPSA) is 117 Å². The van der Waals surface area contributed by atoms with Gasteiger partial charge in [0.2, 0.25) is 10.0 Å². The van der Waals surface area contributed by atoms with Crippen LogP contribution in [0.5, 0.6) is 5.75 Å². The molecule has 1 atom stereocenters. The number of benzene rings is 3. The Morgan fingerprint density at radius 3 is 2.39 bits per heavy atom. The summed E-state index contributed by atoms with van der Waals surface area (Å²) in [5, 5.41) is 7.12. The van der Waals surface area contributed by atoms with Crippen LogP contribution in [0.25, 0.3) is 0 Å². The van der Waals surface area contributed by atoms with Crippen LogP contribution in [0.4, 0.5) is 11.4 Å². The van der Waals surface area contributed by atoms with E-state index in [0.717, 1.165) is 10.6 Å². The number of hydrazone groups is 1. The summed E-state index contributed by atoms with van der Waals surface area (Å²) in [7, 11) is -3.70. The molecule has 9 nitrogen and oxygen atoms in total. The smallest absolute Gasteiger partial charge is 0.263 e. The lowest BCUT2D eigenvalue weighted by molar-refractivity contribution is -0.121. The second-order valence-electron chi connectivity index (χ2n) is 7.72. The van der Waals surface area contributed by atoms with Crippen molar-refractivity contribution in [1.29, 1.82) is 0 Å². The van der Waals surface area contributed by atoms with Crippen LogP contribution in [0, 0.1) is 0 Å². The number of nitrogens with one attached hydrogen (secondary N) is 2. The van der Waals surface area contributed by atoms with Crippen molar-refractivity contribution in [2.24, 2.45) is 5.10 Å². The van der Waals surface area contributed by atoms with Gasteiger partial charge in [0.1, 0.15) is 11.8 Å². The summed E-state index contributed by atoms with van der Waals surface area (Å²) < 4.78 is 31.1.